The molecule has 0 aliphatic carbocycles. The summed E-state index contributed by atoms with van der Waals surface area (Å²) < 4.78 is 18.5. The van der Waals surface area contributed by atoms with E-state index in [1.54, 1.807) is 13.8 Å². The Kier molecular flexibility index (Phi) is 3.29. The third kappa shape index (κ3) is 2.39. The van der Waals surface area contributed by atoms with Crippen molar-refractivity contribution in [3.05, 3.63) is 35.1 Å². The van der Waals surface area contributed by atoms with Crippen molar-refractivity contribution in [1.29, 1.82) is 0 Å². The maximum Gasteiger partial charge on any atom is 0.129 e. The van der Waals surface area contributed by atoms with E-state index in [9.17, 15) is 9.18 Å². The van der Waals surface area contributed by atoms with Crippen LogP contribution in [0.3, 0.4) is 0 Å². The molecule has 0 spiro atoms. The van der Waals surface area contributed by atoms with Crippen LogP contribution in [0.4, 0.5) is 4.39 Å². The molecule has 0 radical (unpaired) electrons. The molecule has 0 atom stereocenters. The molecule has 2 rings (SSSR count). The minimum Gasteiger partial charge on any atom is -0.379 e. The maximum absolute atomic E-state index is 13.2. The summed E-state index contributed by atoms with van der Waals surface area (Å²) in [6.45, 7) is 4.62. The number of ether oxygens (including phenoxy) is 1. The summed E-state index contributed by atoms with van der Waals surface area (Å²) in [5, 5.41) is 0. The Morgan fingerprint density at radius 3 is 2.65 bits per heavy atom. The topological polar surface area (TPSA) is 26.3 Å². The second-order valence-electron chi connectivity index (χ2n) is 4.94. The van der Waals surface area contributed by atoms with Crippen LogP contribution in [-0.4, -0.2) is 19.0 Å². The van der Waals surface area contributed by atoms with Crippen LogP contribution in [0.5, 0.6) is 0 Å². The van der Waals surface area contributed by atoms with Gasteiger partial charge >= 0.3 is 0 Å². The molecular weight excluding hydrogens is 219 g/mol. The number of benzene rings is 1. The lowest BCUT2D eigenvalue weighted by molar-refractivity contribution is -0.119. The highest BCUT2D eigenvalue weighted by molar-refractivity contribution is 5.75. The lowest BCUT2D eigenvalue weighted by Crippen LogP contribution is -2.47. The summed E-state index contributed by atoms with van der Waals surface area (Å²) in [5.41, 5.74) is 1.66. The summed E-state index contributed by atoms with van der Waals surface area (Å²) in [7, 11) is 0. The van der Waals surface area contributed by atoms with E-state index in [4.69, 9.17) is 4.74 Å². The van der Waals surface area contributed by atoms with E-state index >= 15 is 0 Å². The Labute approximate surface area is 101 Å². The first-order valence-corrected chi connectivity index (χ1v) is 5.87. The third-order valence-electron chi connectivity index (χ3n) is 3.48. The zero-order valence-electron chi connectivity index (χ0n) is 10.3. The van der Waals surface area contributed by atoms with E-state index in [0.717, 1.165) is 12.0 Å². The van der Waals surface area contributed by atoms with Gasteiger partial charge in [0.25, 0.3) is 0 Å². The number of Topliss-reactive ketones (excluding diaryl/α,β-unsaturated/α-hetero) is 1. The van der Waals surface area contributed by atoms with E-state index in [0.29, 0.717) is 25.2 Å². The number of hydrogen-bond acceptors (Lipinski definition) is 2. The first-order chi connectivity index (χ1) is 8.03. The molecule has 0 N–H and O–H groups in total. The molecule has 3 heteroatoms. The molecule has 1 aliphatic rings. The van der Waals surface area contributed by atoms with Crippen molar-refractivity contribution in [2.75, 3.05) is 13.2 Å². The lowest BCUT2D eigenvalue weighted by Gasteiger charge is -2.42. The molecule has 1 fully saturated rings. The van der Waals surface area contributed by atoms with Crippen molar-refractivity contribution in [2.45, 2.75) is 32.1 Å². The summed E-state index contributed by atoms with van der Waals surface area (Å²) in [5.74, 6) is 0.00539. The van der Waals surface area contributed by atoms with Gasteiger partial charge in [0.05, 0.1) is 13.2 Å². The van der Waals surface area contributed by atoms with E-state index in [-0.39, 0.29) is 17.0 Å². The summed E-state index contributed by atoms with van der Waals surface area (Å²) in [6, 6.07) is 5.18. The maximum atomic E-state index is 13.2. The number of rotatable bonds is 4. The standard InChI is InChI=1S/C14H17FO2/c1-10-7-12(3-4-13(10)15)14(8-17-9-14)6-5-11(2)16/h3-4,7H,5-6,8-9H2,1-2H3. The van der Waals surface area contributed by atoms with Gasteiger partial charge in [-0.25, -0.2) is 4.39 Å². The van der Waals surface area contributed by atoms with Crippen molar-refractivity contribution < 1.29 is 13.9 Å². The summed E-state index contributed by atoms with van der Waals surface area (Å²) >= 11 is 0. The Morgan fingerprint density at radius 2 is 2.18 bits per heavy atom. The quantitative estimate of drug-likeness (QED) is 0.803. The summed E-state index contributed by atoms with van der Waals surface area (Å²) in [4.78, 5) is 11.1. The van der Waals surface area contributed by atoms with Crippen LogP contribution in [0.25, 0.3) is 0 Å². The molecule has 2 nitrogen and oxygen atoms in total. The average molecular weight is 236 g/mol. The van der Waals surface area contributed by atoms with Gasteiger partial charge in [-0.1, -0.05) is 12.1 Å². The minimum atomic E-state index is -0.185. The SMILES string of the molecule is CC(=O)CCC1(c2ccc(F)c(C)c2)COC1. The third-order valence-corrected chi connectivity index (χ3v) is 3.48. The molecule has 1 aromatic rings. The number of carbonyl (C=O) groups excluding carboxylic acids is 1. The van der Waals surface area contributed by atoms with Crippen molar-refractivity contribution in [2.24, 2.45) is 0 Å². The number of carbonyl (C=O) groups is 1. The lowest BCUT2D eigenvalue weighted by atomic mass is 9.74. The van der Waals surface area contributed by atoms with Gasteiger partial charge in [0, 0.05) is 11.8 Å². The van der Waals surface area contributed by atoms with Gasteiger partial charge in [-0.3, -0.25) is 0 Å². The molecule has 0 unspecified atom stereocenters. The first kappa shape index (κ1) is 12.2. The average Bonchev–Trinajstić information content (AvgIpc) is 2.21. The number of aryl methyl sites for hydroxylation is 1. The van der Waals surface area contributed by atoms with Gasteiger partial charge in [0.2, 0.25) is 0 Å². The van der Waals surface area contributed by atoms with E-state index in [1.165, 1.54) is 6.07 Å². The fourth-order valence-corrected chi connectivity index (χ4v) is 2.19. The van der Waals surface area contributed by atoms with Crippen molar-refractivity contribution >= 4 is 5.78 Å². The van der Waals surface area contributed by atoms with Crippen LogP contribution in [0.2, 0.25) is 0 Å². The van der Waals surface area contributed by atoms with Gasteiger partial charge < -0.3 is 9.53 Å². The largest absolute Gasteiger partial charge is 0.379 e. The Morgan fingerprint density at radius 1 is 1.47 bits per heavy atom. The highest BCUT2D eigenvalue weighted by atomic mass is 19.1. The van der Waals surface area contributed by atoms with Gasteiger partial charge in [-0.15, -0.1) is 0 Å². The smallest absolute Gasteiger partial charge is 0.129 e. The molecule has 1 saturated heterocycles. The van der Waals surface area contributed by atoms with Crippen LogP contribution >= 0.6 is 0 Å². The van der Waals surface area contributed by atoms with Crippen molar-refractivity contribution in [3.8, 4) is 0 Å². The second kappa shape index (κ2) is 4.57. The molecule has 1 aliphatic heterocycles. The monoisotopic (exact) mass is 236 g/mol. The number of ketones is 1. The number of halogens is 1. The van der Waals surface area contributed by atoms with Gasteiger partial charge in [0.1, 0.15) is 11.6 Å². The highest BCUT2D eigenvalue weighted by Gasteiger charge is 2.40. The zero-order valence-corrected chi connectivity index (χ0v) is 10.3. The molecule has 0 amide bonds. The predicted molar refractivity (Wildman–Crippen MR) is 63.5 cm³/mol. The van der Waals surface area contributed by atoms with Gasteiger partial charge in [0.15, 0.2) is 0 Å². The fraction of sp³-hybridized carbons (Fsp3) is 0.500. The van der Waals surface area contributed by atoms with E-state index in [2.05, 4.69) is 0 Å². The van der Waals surface area contributed by atoms with Crippen LogP contribution < -0.4 is 0 Å². The molecular formula is C14H17FO2. The Bertz CT molecular complexity index is 436. The normalized spacial score (nSPS) is 17.6. The minimum absolute atomic E-state index is 0.0792. The molecule has 1 heterocycles. The molecule has 0 saturated carbocycles. The van der Waals surface area contributed by atoms with Crippen molar-refractivity contribution in [1.82, 2.24) is 0 Å². The van der Waals surface area contributed by atoms with E-state index < -0.39 is 0 Å². The van der Waals surface area contributed by atoms with Gasteiger partial charge in [-0.2, -0.15) is 0 Å². The first-order valence-electron chi connectivity index (χ1n) is 5.87. The number of hydrogen-bond donors (Lipinski definition) is 0. The summed E-state index contributed by atoms with van der Waals surface area (Å²) in [6.07, 6.45) is 1.34. The molecule has 92 valence electrons. The van der Waals surface area contributed by atoms with Crippen LogP contribution in [0.15, 0.2) is 18.2 Å². The Hall–Kier alpha value is -1.22. The second-order valence-corrected chi connectivity index (χ2v) is 4.94. The van der Waals surface area contributed by atoms with Crippen LogP contribution in [0, 0.1) is 12.7 Å². The molecule has 0 aromatic heterocycles. The zero-order chi connectivity index (χ0) is 12.5. The fourth-order valence-electron chi connectivity index (χ4n) is 2.19. The van der Waals surface area contributed by atoms with Crippen LogP contribution in [0.1, 0.15) is 30.9 Å². The predicted octanol–water partition coefficient (Wildman–Crippen LogP) is 2.77. The van der Waals surface area contributed by atoms with E-state index in [1.807, 2.05) is 12.1 Å². The van der Waals surface area contributed by atoms with Gasteiger partial charge in [-0.05, 0) is 37.5 Å². The van der Waals surface area contributed by atoms with Crippen molar-refractivity contribution in [3.63, 3.8) is 0 Å². The Balaban J connectivity index is 2.22. The molecule has 1 aromatic carbocycles. The van der Waals surface area contributed by atoms with Crippen LogP contribution in [-0.2, 0) is 14.9 Å². The molecule has 17 heavy (non-hydrogen) atoms. The molecule has 0 bridgehead atoms. The highest BCUT2D eigenvalue weighted by Crippen LogP contribution is 2.37.